The van der Waals surface area contributed by atoms with Crippen molar-refractivity contribution < 1.29 is 14.2 Å². The van der Waals surface area contributed by atoms with Gasteiger partial charge in [-0.25, -0.2) is 0 Å². The molecule has 23 heavy (non-hydrogen) atoms. The highest BCUT2D eigenvalue weighted by atomic mass is 16.5. The van der Waals surface area contributed by atoms with Crippen LogP contribution >= 0.6 is 0 Å². The number of ether oxygens (including phenoxy) is 3. The summed E-state index contributed by atoms with van der Waals surface area (Å²) in [5.74, 6) is 4.02. The Labute approximate surface area is 136 Å². The van der Waals surface area contributed by atoms with Crippen LogP contribution in [-0.4, -0.2) is 38.8 Å². The Balaban J connectivity index is 1.85. The summed E-state index contributed by atoms with van der Waals surface area (Å²) in [4.78, 5) is 2.50. The highest BCUT2D eigenvalue weighted by Crippen LogP contribution is 2.63. The SMILES string of the molecule is COC1=C2Oc3c(OC)ccc4c3[C@@]23CCN(C)[C@H](C4)C3C=C1. The predicted molar refractivity (Wildman–Crippen MR) is 86.7 cm³/mol. The fourth-order valence-corrected chi connectivity index (χ4v) is 5.17. The molecular formula is C19H21NO3. The van der Waals surface area contributed by atoms with Gasteiger partial charge in [0.15, 0.2) is 23.0 Å². The lowest BCUT2D eigenvalue weighted by atomic mass is 9.56. The maximum absolute atomic E-state index is 6.40. The Hall–Kier alpha value is -1.94. The van der Waals surface area contributed by atoms with Crippen molar-refractivity contribution in [1.82, 2.24) is 4.90 Å². The number of rotatable bonds is 2. The zero-order valence-electron chi connectivity index (χ0n) is 13.8. The highest BCUT2D eigenvalue weighted by Gasteiger charge is 2.61. The Bertz CT molecular complexity index is 766. The number of likely N-dealkylation sites (tertiary alicyclic amines) is 1. The molecule has 0 radical (unpaired) electrons. The highest BCUT2D eigenvalue weighted by molar-refractivity contribution is 5.66. The van der Waals surface area contributed by atoms with Gasteiger partial charge in [0, 0.05) is 17.5 Å². The Morgan fingerprint density at radius 2 is 2.13 bits per heavy atom. The number of methoxy groups -OCH3 is 2. The maximum Gasteiger partial charge on any atom is 0.173 e. The minimum absolute atomic E-state index is 0.0747. The predicted octanol–water partition coefficient (Wildman–Crippen LogP) is 2.63. The summed E-state index contributed by atoms with van der Waals surface area (Å²) < 4.78 is 17.6. The number of hydrogen-bond acceptors (Lipinski definition) is 4. The van der Waals surface area contributed by atoms with E-state index in [1.807, 2.05) is 6.07 Å². The summed E-state index contributed by atoms with van der Waals surface area (Å²) in [6, 6.07) is 4.78. The number of benzene rings is 1. The second-order valence-electron chi connectivity index (χ2n) is 6.99. The standard InChI is InChI=1S/C19H21NO3/c1-20-9-8-19-12-5-7-15(22-3)18(19)23-17-14(21-2)6-4-11(16(17)19)10-13(12)20/h4-7,12-13H,8-10H2,1-3H3/t12?,13-,19+/m1/s1. The Morgan fingerprint density at radius 1 is 1.26 bits per heavy atom. The Kier molecular flexibility index (Phi) is 2.54. The van der Waals surface area contributed by atoms with Crippen LogP contribution in [0.4, 0.5) is 0 Å². The van der Waals surface area contributed by atoms with Gasteiger partial charge >= 0.3 is 0 Å². The first-order chi connectivity index (χ1) is 11.2. The third kappa shape index (κ3) is 1.41. The van der Waals surface area contributed by atoms with Crippen LogP contribution in [0, 0.1) is 5.92 Å². The van der Waals surface area contributed by atoms with Crippen molar-refractivity contribution in [3.63, 3.8) is 0 Å². The summed E-state index contributed by atoms with van der Waals surface area (Å²) in [6.45, 7) is 1.08. The molecule has 5 rings (SSSR count). The lowest BCUT2D eigenvalue weighted by Crippen LogP contribution is -2.58. The average molecular weight is 311 g/mol. The summed E-state index contributed by atoms with van der Waals surface area (Å²) in [5, 5.41) is 0. The molecule has 0 amide bonds. The maximum atomic E-state index is 6.40. The summed E-state index contributed by atoms with van der Waals surface area (Å²) in [5.41, 5.74) is 2.67. The van der Waals surface area contributed by atoms with Gasteiger partial charge in [0.05, 0.1) is 19.6 Å². The topological polar surface area (TPSA) is 30.9 Å². The lowest BCUT2D eigenvalue weighted by Gasteiger charge is -2.53. The van der Waals surface area contributed by atoms with Crippen molar-refractivity contribution in [1.29, 1.82) is 0 Å². The molecule has 0 N–H and O–H groups in total. The molecule has 4 heteroatoms. The minimum atomic E-state index is -0.0747. The van der Waals surface area contributed by atoms with E-state index in [1.54, 1.807) is 14.2 Å². The van der Waals surface area contributed by atoms with Crippen LogP contribution in [0.5, 0.6) is 11.5 Å². The lowest BCUT2D eigenvalue weighted by molar-refractivity contribution is 0.0613. The molecule has 120 valence electrons. The molecule has 1 saturated heterocycles. The smallest absolute Gasteiger partial charge is 0.173 e. The fraction of sp³-hybridized carbons (Fsp3) is 0.474. The number of allylic oxidation sites excluding steroid dienone is 2. The van der Waals surface area contributed by atoms with Crippen molar-refractivity contribution in [2.24, 2.45) is 5.92 Å². The van der Waals surface area contributed by atoms with E-state index >= 15 is 0 Å². The summed E-state index contributed by atoms with van der Waals surface area (Å²) >= 11 is 0. The second-order valence-corrected chi connectivity index (χ2v) is 6.99. The number of likely N-dealkylation sites (N-methyl/N-ethyl adjacent to an activating group) is 1. The largest absolute Gasteiger partial charge is 0.493 e. The van der Waals surface area contributed by atoms with Gasteiger partial charge in [0.25, 0.3) is 0 Å². The molecule has 1 aromatic carbocycles. The Morgan fingerprint density at radius 3 is 2.91 bits per heavy atom. The van der Waals surface area contributed by atoms with Crippen molar-refractivity contribution in [3.8, 4) is 11.5 Å². The van der Waals surface area contributed by atoms with Gasteiger partial charge < -0.3 is 19.1 Å². The molecular weight excluding hydrogens is 290 g/mol. The molecule has 2 aliphatic heterocycles. The summed E-state index contributed by atoms with van der Waals surface area (Å²) in [7, 11) is 5.68. The third-order valence-electron chi connectivity index (χ3n) is 6.22. The van der Waals surface area contributed by atoms with Gasteiger partial charge in [0.2, 0.25) is 0 Å². The van der Waals surface area contributed by atoms with Crippen molar-refractivity contribution in [3.05, 3.63) is 46.9 Å². The summed E-state index contributed by atoms with van der Waals surface area (Å²) in [6.07, 6.45) is 6.56. The van der Waals surface area contributed by atoms with E-state index < -0.39 is 0 Å². The average Bonchev–Trinajstić information content (AvgIpc) is 2.92. The van der Waals surface area contributed by atoms with Gasteiger partial charge in [0.1, 0.15) is 0 Å². The normalized spacial score (nSPS) is 33.3. The van der Waals surface area contributed by atoms with Crippen LogP contribution in [0.3, 0.4) is 0 Å². The zero-order valence-corrected chi connectivity index (χ0v) is 13.8. The van der Waals surface area contributed by atoms with Crippen LogP contribution in [0.1, 0.15) is 17.5 Å². The first-order valence-electron chi connectivity index (χ1n) is 8.26. The number of nitrogens with zero attached hydrogens (tertiary/aromatic N) is 1. The quantitative estimate of drug-likeness (QED) is 0.840. The molecule has 1 fully saturated rings. The minimum Gasteiger partial charge on any atom is -0.493 e. The first kappa shape index (κ1) is 13.5. The molecule has 2 bridgehead atoms. The van der Waals surface area contributed by atoms with E-state index in [2.05, 4.69) is 30.2 Å². The van der Waals surface area contributed by atoms with Gasteiger partial charge in [-0.3, -0.25) is 0 Å². The van der Waals surface area contributed by atoms with Crippen LogP contribution in [0.2, 0.25) is 0 Å². The van der Waals surface area contributed by atoms with E-state index in [0.29, 0.717) is 12.0 Å². The molecule has 3 atom stereocenters. The fourth-order valence-electron chi connectivity index (χ4n) is 5.17. The van der Waals surface area contributed by atoms with Crippen LogP contribution in [-0.2, 0) is 16.6 Å². The van der Waals surface area contributed by atoms with Gasteiger partial charge in [-0.05, 0) is 44.1 Å². The molecule has 2 heterocycles. The second kappa shape index (κ2) is 4.32. The van der Waals surface area contributed by atoms with Crippen LogP contribution in [0.25, 0.3) is 0 Å². The van der Waals surface area contributed by atoms with Gasteiger partial charge in [-0.1, -0.05) is 12.1 Å². The first-order valence-corrected chi connectivity index (χ1v) is 8.26. The van der Waals surface area contributed by atoms with Crippen molar-refractivity contribution in [2.75, 3.05) is 27.8 Å². The van der Waals surface area contributed by atoms with E-state index in [0.717, 1.165) is 42.4 Å². The molecule has 1 unspecified atom stereocenters. The monoisotopic (exact) mass is 311 g/mol. The molecule has 4 aliphatic rings. The van der Waals surface area contributed by atoms with Crippen LogP contribution in [0.15, 0.2) is 35.8 Å². The van der Waals surface area contributed by atoms with Gasteiger partial charge in [-0.15, -0.1) is 0 Å². The molecule has 0 aromatic heterocycles. The van der Waals surface area contributed by atoms with E-state index in [9.17, 15) is 0 Å². The van der Waals surface area contributed by atoms with Crippen molar-refractivity contribution in [2.45, 2.75) is 24.3 Å². The number of piperidine rings is 1. The molecule has 1 spiro atoms. The van der Waals surface area contributed by atoms with E-state index in [1.165, 1.54) is 11.1 Å². The molecule has 0 saturated carbocycles. The van der Waals surface area contributed by atoms with Crippen molar-refractivity contribution >= 4 is 0 Å². The molecule has 1 aromatic rings. The van der Waals surface area contributed by atoms with E-state index in [4.69, 9.17) is 14.2 Å². The van der Waals surface area contributed by atoms with E-state index in [-0.39, 0.29) is 5.41 Å². The zero-order chi connectivity index (χ0) is 15.8. The third-order valence-corrected chi connectivity index (χ3v) is 6.22. The molecule has 2 aliphatic carbocycles. The number of hydrogen-bond donors (Lipinski definition) is 0. The molecule has 4 nitrogen and oxygen atoms in total. The van der Waals surface area contributed by atoms with Gasteiger partial charge in [-0.2, -0.15) is 0 Å². The van der Waals surface area contributed by atoms with Crippen LogP contribution < -0.4 is 9.47 Å².